The van der Waals surface area contributed by atoms with Crippen LogP contribution in [0.2, 0.25) is 0 Å². The Balaban J connectivity index is 1.29. The molecule has 6 heteroatoms. The summed E-state index contributed by atoms with van der Waals surface area (Å²) in [6.45, 7) is 3.11. The lowest BCUT2D eigenvalue weighted by atomic mass is 10.1. The second-order valence-corrected chi connectivity index (χ2v) is 8.48. The third-order valence-electron chi connectivity index (χ3n) is 5.81. The lowest BCUT2D eigenvalue weighted by Crippen LogP contribution is -2.30. The molecule has 6 nitrogen and oxygen atoms in total. The number of para-hydroxylation sites is 1. The van der Waals surface area contributed by atoms with Gasteiger partial charge in [-0.15, -0.1) is 0 Å². The molecule has 0 aromatic heterocycles. The number of carbonyl (C=O) groups is 2. The standard InChI is InChI=1S/C31H31N3O3/c1-2-34(28-16-7-4-8-17-28)31(36)25-13-9-14-26(21-25)32-23-30(35)33-27-15-10-18-29(22-27)37-20-19-24-11-5-3-6-12-24/h3-18,21-22,32H,2,19-20,23H2,1H3,(H,33,35). The van der Waals surface area contributed by atoms with Gasteiger partial charge in [0.15, 0.2) is 0 Å². The lowest BCUT2D eigenvalue weighted by Gasteiger charge is -2.21. The van der Waals surface area contributed by atoms with Crippen LogP contribution in [0.3, 0.4) is 0 Å². The number of hydrogen-bond acceptors (Lipinski definition) is 4. The number of nitrogens with zero attached hydrogens (tertiary/aromatic N) is 1. The highest BCUT2D eigenvalue weighted by atomic mass is 16.5. The van der Waals surface area contributed by atoms with E-state index in [1.165, 1.54) is 5.56 Å². The molecule has 0 radical (unpaired) electrons. The minimum Gasteiger partial charge on any atom is -0.493 e. The molecule has 0 spiro atoms. The van der Waals surface area contributed by atoms with Crippen LogP contribution in [0.5, 0.6) is 5.75 Å². The molecule has 4 rings (SSSR count). The maximum absolute atomic E-state index is 13.1. The molecule has 0 aliphatic carbocycles. The smallest absolute Gasteiger partial charge is 0.258 e. The third-order valence-corrected chi connectivity index (χ3v) is 5.81. The number of ether oxygens (including phenoxy) is 1. The predicted octanol–water partition coefficient (Wildman–Crippen LogP) is 6.03. The fourth-order valence-corrected chi connectivity index (χ4v) is 3.95. The Morgan fingerprint density at radius 3 is 2.24 bits per heavy atom. The summed E-state index contributed by atoms with van der Waals surface area (Å²) in [5, 5.41) is 6.00. The molecule has 188 valence electrons. The molecule has 2 amide bonds. The van der Waals surface area contributed by atoms with Gasteiger partial charge in [-0.3, -0.25) is 9.59 Å². The van der Waals surface area contributed by atoms with Crippen molar-refractivity contribution in [3.63, 3.8) is 0 Å². The van der Waals surface area contributed by atoms with Gasteiger partial charge in [0.05, 0.1) is 13.2 Å². The summed E-state index contributed by atoms with van der Waals surface area (Å²) in [5.41, 5.74) is 3.97. The molecule has 0 saturated heterocycles. The quantitative estimate of drug-likeness (QED) is 0.268. The first-order valence-corrected chi connectivity index (χ1v) is 12.4. The molecule has 2 N–H and O–H groups in total. The van der Waals surface area contributed by atoms with Gasteiger partial charge in [-0.2, -0.15) is 0 Å². The summed E-state index contributed by atoms with van der Waals surface area (Å²) in [5.74, 6) is 0.412. The van der Waals surface area contributed by atoms with Gasteiger partial charge in [0.1, 0.15) is 5.75 Å². The van der Waals surface area contributed by atoms with Crippen molar-refractivity contribution in [1.82, 2.24) is 0 Å². The zero-order valence-corrected chi connectivity index (χ0v) is 20.9. The van der Waals surface area contributed by atoms with Crippen LogP contribution in [-0.4, -0.2) is 31.5 Å². The summed E-state index contributed by atoms with van der Waals surface area (Å²) < 4.78 is 5.85. The molecule has 0 aliphatic rings. The van der Waals surface area contributed by atoms with Gasteiger partial charge in [0, 0.05) is 41.7 Å². The fraction of sp³-hybridized carbons (Fsp3) is 0.161. The van der Waals surface area contributed by atoms with E-state index in [0.29, 0.717) is 35.8 Å². The number of carbonyl (C=O) groups excluding carboxylic acids is 2. The highest BCUT2D eigenvalue weighted by molar-refractivity contribution is 6.06. The maximum atomic E-state index is 13.1. The zero-order chi connectivity index (χ0) is 25.9. The van der Waals surface area contributed by atoms with Gasteiger partial charge in [-0.25, -0.2) is 0 Å². The molecule has 0 fully saturated rings. The van der Waals surface area contributed by atoms with Crippen molar-refractivity contribution in [3.05, 3.63) is 120 Å². The first kappa shape index (κ1) is 25.5. The second kappa shape index (κ2) is 12.9. The third kappa shape index (κ3) is 7.45. The van der Waals surface area contributed by atoms with E-state index in [2.05, 4.69) is 22.8 Å². The summed E-state index contributed by atoms with van der Waals surface area (Å²) in [6, 6.07) is 34.3. The summed E-state index contributed by atoms with van der Waals surface area (Å²) >= 11 is 0. The molecule has 0 unspecified atom stereocenters. The van der Waals surface area contributed by atoms with E-state index < -0.39 is 0 Å². The minimum atomic E-state index is -0.197. The summed E-state index contributed by atoms with van der Waals surface area (Å²) in [7, 11) is 0. The molecule has 0 bridgehead atoms. The van der Waals surface area contributed by atoms with E-state index in [4.69, 9.17) is 4.74 Å². The van der Waals surface area contributed by atoms with Crippen molar-refractivity contribution in [2.45, 2.75) is 13.3 Å². The van der Waals surface area contributed by atoms with Gasteiger partial charge < -0.3 is 20.3 Å². The largest absolute Gasteiger partial charge is 0.493 e. The molecule has 0 heterocycles. The molecule has 0 atom stereocenters. The number of rotatable bonds is 11. The lowest BCUT2D eigenvalue weighted by molar-refractivity contribution is -0.114. The SMILES string of the molecule is CCN(C(=O)c1cccc(NCC(=O)Nc2cccc(OCCc3ccccc3)c2)c1)c1ccccc1. The van der Waals surface area contributed by atoms with Crippen LogP contribution >= 0.6 is 0 Å². The van der Waals surface area contributed by atoms with E-state index in [0.717, 1.165) is 12.1 Å². The zero-order valence-electron chi connectivity index (χ0n) is 20.9. The average Bonchev–Trinajstić information content (AvgIpc) is 2.94. The monoisotopic (exact) mass is 493 g/mol. The van der Waals surface area contributed by atoms with Gasteiger partial charge in [0.25, 0.3) is 5.91 Å². The van der Waals surface area contributed by atoms with Gasteiger partial charge >= 0.3 is 0 Å². The van der Waals surface area contributed by atoms with Crippen molar-refractivity contribution in [1.29, 1.82) is 0 Å². The number of hydrogen-bond donors (Lipinski definition) is 2. The van der Waals surface area contributed by atoms with Crippen molar-refractivity contribution in [2.24, 2.45) is 0 Å². The maximum Gasteiger partial charge on any atom is 0.258 e. The van der Waals surface area contributed by atoms with Crippen molar-refractivity contribution >= 4 is 28.9 Å². The molecule has 4 aromatic rings. The van der Waals surface area contributed by atoms with Crippen LogP contribution < -0.4 is 20.3 Å². The number of amides is 2. The van der Waals surface area contributed by atoms with Crippen LogP contribution in [0.1, 0.15) is 22.8 Å². The first-order valence-electron chi connectivity index (χ1n) is 12.4. The van der Waals surface area contributed by atoms with Gasteiger partial charge in [-0.1, -0.05) is 60.7 Å². The minimum absolute atomic E-state index is 0.0624. The predicted molar refractivity (Wildman–Crippen MR) is 149 cm³/mol. The molecule has 0 aliphatic heterocycles. The van der Waals surface area contributed by atoms with E-state index >= 15 is 0 Å². The molecular weight excluding hydrogens is 462 g/mol. The van der Waals surface area contributed by atoms with Crippen LogP contribution in [0.25, 0.3) is 0 Å². The van der Waals surface area contributed by atoms with E-state index in [-0.39, 0.29) is 18.4 Å². The van der Waals surface area contributed by atoms with Crippen molar-refractivity contribution in [3.8, 4) is 5.75 Å². The van der Waals surface area contributed by atoms with E-state index in [1.807, 2.05) is 91.9 Å². The Morgan fingerprint density at radius 2 is 1.49 bits per heavy atom. The van der Waals surface area contributed by atoms with Crippen LogP contribution in [0.15, 0.2) is 109 Å². The Kier molecular flexibility index (Phi) is 8.92. The highest BCUT2D eigenvalue weighted by Crippen LogP contribution is 2.20. The average molecular weight is 494 g/mol. The second-order valence-electron chi connectivity index (χ2n) is 8.48. The van der Waals surface area contributed by atoms with Crippen LogP contribution in [0, 0.1) is 0 Å². The van der Waals surface area contributed by atoms with Crippen LogP contribution in [0.4, 0.5) is 17.1 Å². The normalized spacial score (nSPS) is 10.4. The number of anilines is 3. The number of benzene rings is 4. The Hall–Kier alpha value is -4.58. The number of nitrogens with one attached hydrogen (secondary N) is 2. The summed E-state index contributed by atoms with van der Waals surface area (Å²) in [6.07, 6.45) is 0.810. The van der Waals surface area contributed by atoms with Crippen molar-refractivity contribution in [2.75, 3.05) is 35.2 Å². The van der Waals surface area contributed by atoms with Crippen molar-refractivity contribution < 1.29 is 14.3 Å². The molecule has 37 heavy (non-hydrogen) atoms. The molecule has 4 aromatic carbocycles. The highest BCUT2D eigenvalue weighted by Gasteiger charge is 2.16. The molecule has 0 saturated carbocycles. The topological polar surface area (TPSA) is 70.7 Å². The van der Waals surface area contributed by atoms with Crippen LogP contribution in [-0.2, 0) is 11.2 Å². The van der Waals surface area contributed by atoms with Gasteiger partial charge in [-0.05, 0) is 55.0 Å². The van der Waals surface area contributed by atoms with E-state index in [9.17, 15) is 9.59 Å². The Morgan fingerprint density at radius 1 is 0.784 bits per heavy atom. The Labute approximate surface area is 217 Å². The Bertz CT molecular complexity index is 1310. The van der Waals surface area contributed by atoms with E-state index in [1.54, 1.807) is 17.0 Å². The summed E-state index contributed by atoms with van der Waals surface area (Å²) in [4.78, 5) is 27.4. The first-order chi connectivity index (χ1) is 18.1. The molecular formula is C31H31N3O3. The van der Waals surface area contributed by atoms with Gasteiger partial charge in [0.2, 0.25) is 5.91 Å². The fourth-order valence-electron chi connectivity index (χ4n) is 3.95.